The average molecular weight is 528 g/mol. The third-order valence-electron chi connectivity index (χ3n) is 5.36. The number of aromatic nitrogens is 2. The fraction of sp³-hybridized carbons (Fsp3) is 0.261. The summed E-state index contributed by atoms with van der Waals surface area (Å²) < 4.78 is 27.5. The largest absolute Gasteiger partial charge is 0.382 e. The first-order valence-corrected chi connectivity index (χ1v) is 13.7. The second kappa shape index (κ2) is 11.9. The number of nitrogens with zero attached hydrogens (tertiary/aromatic N) is 4. The normalized spacial score (nSPS) is 13.7. The third-order valence-corrected chi connectivity index (χ3v) is 7.70. The second-order valence-corrected chi connectivity index (χ2v) is 10.7. The van der Waals surface area contributed by atoms with Crippen LogP contribution in [0.2, 0.25) is 0 Å². The molecule has 13 heteroatoms. The number of thioether (sulfide) groups is 1. The van der Waals surface area contributed by atoms with Gasteiger partial charge >= 0.3 is 0 Å². The zero-order valence-electron chi connectivity index (χ0n) is 19.3. The van der Waals surface area contributed by atoms with Crippen molar-refractivity contribution in [1.82, 2.24) is 20.2 Å². The fourth-order valence-corrected chi connectivity index (χ4v) is 5.29. The molecule has 36 heavy (non-hydrogen) atoms. The van der Waals surface area contributed by atoms with Crippen molar-refractivity contribution in [3.63, 3.8) is 0 Å². The van der Waals surface area contributed by atoms with Gasteiger partial charge in [0.2, 0.25) is 0 Å². The lowest BCUT2D eigenvalue weighted by atomic mass is 10.2. The molecule has 0 unspecified atom stereocenters. The van der Waals surface area contributed by atoms with Gasteiger partial charge in [0.05, 0.1) is 10.6 Å². The van der Waals surface area contributed by atoms with E-state index in [9.17, 15) is 18.1 Å². The van der Waals surface area contributed by atoms with E-state index in [4.69, 9.17) is 0 Å². The second-order valence-electron chi connectivity index (χ2n) is 7.81. The number of nitroso groups, excluding NO2 is 1. The molecule has 1 amide bonds. The minimum Gasteiger partial charge on any atom is -0.382 e. The van der Waals surface area contributed by atoms with Crippen LogP contribution in [-0.4, -0.2) is 63.0 Å². The predicted octanol–water partition coefficient (Wildman–Crippen LogP) is 2.61. The number of amides is 1. The third kappa shape index (κ3) is 6.56. The molecule has 2 heterocycles. The molecule has 3 N–H and O–H groups in total. The first-order chi connectivity index (χ1) is 17.5. The van der Waals surface area contributed by atoms with Crippen LogP contribution in [0.4, 0.5) is 17.2 Å². The summed E-state index contributed by atoms with van der Waals surface area (Å²) in [6, 6.07) is 16.8. The summed E-state index contributed by atoms with van der Waals surface area (Å²) in [7, 11) is -4.27. The van der Waals surface area contributed by atoms with Gasteiger partial charge in [-0.25, -0.2) is 13.1 Å². The molecule has 0 aliphatic carbocycles. The quantitative estimate of drug-likeness (QED) is 0.204. The van der Waals surface area contributed by atoms with E-state index in [0.717, 1.165) is 42.9 Å². The number of rotatable bonds is 10. The Balaban J connectivity index is 1.37. The highest BCUT2D eigenvalue weighted by Gasteiger charge is 2.22. The van der Waals surface area contributed by atoms with E-state index in [0.29, 0.717) is 18.1 Å². The van der Waals surface area contributed by atoms with Crippen LogP contribution in [0.1, 0.15) is 10.5 Å². The number of anilines is 2. The first kappa shape index (κ1) is 25.5. The molecule has 0 spiro atoms. The molecule has 3 aromatic rings. The molecule has 1 aromatic heterocycles. The molecule has 0 radical (unpaired) electrons. The van der Waals surface area contributed by atoms with E-state index in [2.05, 4.69) is 26.0 Å². The van der Waals surface area contributed by atoms with Crippen LogP contribution in [0.5, 0.6) is 0 Å². The number of carbonyl (C=O) groups is 1. The highest BCUT2D eigenvalue weighted by Crippen LogP contribution is 2.28. The zero-order chi connectivity index (χ0) is 25.4. The Labute approximate surface area is 213 Å². The zero-order valence-corrected chi connectivity index (χ0v) is 20.9. The predicted molar refractivity (Wildman–Crippen MR) is 139 cm³/mol. The molecule has 1 aliphatic rings. The van der Waals surface area contributed by atoms with Crippen molar-refractivity contribution in [2.75, 3.05) is 48.7 Å². The van der Waals surface area contributed by atoms with Crippen molar-refractivity contribution in [1.29, 1.82) is 0 Å². The Morgan fingerprint density at radius 2 is 1.83 bits per heavy atom. The van der Waals surface area contributed by atoms with E-state index >= 15 is 0 Å². The number of sulfonamides is 1. The topological polar surface area (TPSA) is 146 Å². The highest BCUT2D eigenvalue weighted by molar-refractivity contribution is 7.99. The molecular formula is C23H25N7O4S2. The molecule has 2 aromatic carbocycles. The summed E-state index contributed by atoms with van der Waals surface area (Å²) in [6.07, 6.45) is 0. The number of hydrogen-bond acceptors (Lipinski definition) is 11. The average Bonchev–Trinajstić information content (AvgIpc) is 2.92. The van der Waals surface area contributed by atoms with Crippen LogP contribution < -0.4 is 20.3 Å². The minimum atomic E-state index is -4.27. The maximum Gasteiger partial charge on any atom is 0.285 e. The van der Waals surface area contributed by atoms with Gasteiger partial charge in [0.25, 0.3) is 15.9 Å². The van der Waals surface area contributed by atoms with Gasteiger partial charge in [-0.2, -0.15) is 0 Å². The van der Waals surface area contributed by atoms with Gasteiger partial charge in [0, 0.05) is 43.4 Å². The Morgan fingerprint density at radius 3 is 2.53 bits per heavy atom. The molecule has 4 rings (SSSR count). The lowest BCUT2D eigenvalue weighted by molar-refractivity contribution is 0.0975. The maximum absolute atomic E-state index is 12.8. The summed E-state index contributed by atoms with van der Waals surface area (Å²) >= 11 is 1.64. The number of benzene rings is 2. The van der Waals surface area contributed by atoms with Gasteiger partial charge in [-0.1, -0.05) is 18.2 Å². The highest BCUT2D eigenvalue weighted by atomic mass is 32.2. The Hall–Kier alpha value is -3.55. The van der Waals surface area contributed by atoms with Crippen molar-refractivity contribution < 1.29 is 13.2 Å². The van der Waals surface area contributed by atoms with Gasteiger partial charge in [-0.05, 0) is 47.6 Å². The van der Waals surface area contributed by atoms with Crippen molar-refractivity contribution in [3.05, 3.63) is 71.3 Å². The molecular weight excluding hydrogens is 502 g/mol. The van der Waals surface area contributed by atoms with Crippen molar-refractivity contribution >= 4 is 44.9 Å². The summed E-state index contributed by atoms with van der Waals surface area (Å²) in [5.74, 6) is 0.422. The summed E-state index contributed by atoms with van der Waals surface area (Å²) in [6.45, 7) is 3.70. The van der Waals surface area contributed by atoms with Gasteiger partial charge in [0.1, 0.15) is 5.69 Å². The molecule has 1 aliphatic heterocycles. The molecule has 0 saturated carbocycles. The van der Waals surface area contributed by atoms with Gasteiger partial charge in [-0.15, -0.1) is 26.9 Å². The number of piperazine rings is 1. The number of carbonyl (C=O) groups excluding carboxylic acids is 1. The monoisotopic (exact) mass is 527 g/mol. The smallest absolute Gasteiger partial charge is 0.285 e. The van der Waals surface area contributed by atoms with Crippen LogP contribution in [0.25, 0.3) is 0 Å². The van der Waals surface area contributed by atoms with Crippen LogP contribution >= 0.6 is 11.8 Å². The van der Waals surface area contributed by atoms with Gasteiger partial charge in [0.15, 0.2) is 11.5 Å². The summed E-state index contributed by atoms with van der Waals surface area (Å²) in [5, 5.41) is 17.2. The van der Waals surface area contributed by atoms with E-state index < -0.39 is 15.9 Å². The molecule has 1 saturated heterocycles. The SMILES string of the molecule is O=Nc1cc(S(=O)(=O)NC(=O)c2ccc(N3CCNCC3)nn2)ccc1NCCSc1ccccc1. The van der Waals surface area contributed by atoms with Gasteiger partial charge in [-0.3, -0.25) is 4.79 Å². The Kier molecular flexibility index (Phi) is 8.46. The number of hydrogen-bond donors (Lipinski definition) is 3. The molecule has 188 valence electrons. The van der Waals surface area contributed by atoms with Crippen LogP contribution in [0, 0.1) is 4.91 Å². The number of nitrogens with one attached hydrogen (secondary N) is 3. The van der Waals surface area contributed by atoms with Crippen molar-refractivity contribution in [3.8, 4) is 0 Å². The molecule has 0 atom stereocenters. The maximum atomic E-state index is 12.8. The lowest BCUT2D eigenvalue weighted by Gasteiger charge is -2.27. The lowest BCUT2D eigenvalue weighted by Crippen LogP contribution is -2.44. The van der Waals surface area contributed by atoms with E-state index in [1.165, 1.54) is 18.2 Å². The minimum absolute atomic E-state index is 0.0739. The summed E-state index contributed by atoms with van der Waals surface area (Å²) in [5.41, 5.74) is 0.189. The van der Waals surface area contributed by atoms with Gasteiger partial charge < -0.3 is 15.5 Å². The van der Waals surface area contributed by atoms with E-state index in [-0.39, 0.29) is 16.3 Å². The van der Waals surface area contributed by atoms with Crippen molar-refractivity contribution in [2.45, 2.75) is 9.79 Å². The fourth-order valence-electron chi connectivity index (χ4n) is 3.52. The van der Waals surface area contributed by atoms with Crippen LogP contribution in [0.3, 0.4) is 0 Å². The first-order valence-electron chi connectivity index (χ1n) is 11.2. The molecule has 11 nitrogen and oxygen atoms in total. The Bertz CT molecular complexity index is 1300. The van der Waals surface area contributed by atoms with Crippen molar-refractivity contribution in [2.24, 2.45) is 5.18 Å². The van der Waals surface area contributed by atoms with E-state index in [1.54, 1.807) is 17.8 Å². The Morgan fingerprint density at radius 1 is 1.06 bits per heavy atom. The van der Waals surface area contributed by atoms with E-state index in [1.807, 2.05) is 40.0 Å². The molecule has 0 bridgehead atoms. The van der Waals surface area contributed by atoms with Crippen LogP contribution in [0.15, 0.2) is 75.6 Å². The standard InChI is InChI=1S/C23H25N7O4S2/c31-23(20-8-9-22(27-26-20)30-13-10-24-11-14-30)29-36(33,34)18-6-7-19(21(16-18)28-32)25-12-15-35-17-4-2-1-3-5-17/h1-9,16,24-25H,10-15H2,(H,29,31). The van der Waals surface area contributed by atoms with Crippen LogP contribution in [-0.2, 0) is 10.0 Å². The summed E-state index contributed by atoms with van der Waals surface area (Å²) in [4.78, 5) is 26.8. The molecule has 1 fully saturated rings.